The van der Waals surface area contributed by atoms with Crippen molar-refractivity contribution in [1.82, 2.24) is 9.88 Å². The van der Waals surface area contributed by atoms with Gasteiger partial charge >= 0.3 is 0 Å². The van der Waals surface area contributed by atoms with Crippen LogP contribution in [0.4, 0.5) is 4.39 Å². The number of rotatable bonds is 3. The largest absolute Gasteiger partial charge is 0.358 e. The third-order valence-corrected chi connectivity index (χ3v) is 4.53. The molecule has 1 aliphatic heterocycles. The van der Waals surface area contributed by atoms with Crippen LogP contribution in [0.5, 0.6) is 0 Å². The average Bonchev–Trinajstić information content (AvgIpc) is 2.89. The molecule has 1 amide bonds. The molecule has 5 nitrogen and oxygen atoms in total. The van der Waals surface area contributed by atoms with Gasteiger partial charge in [-0.3, -0.25) is 9.59 Å². The van der Waals surface area contributed by atoms with Crippen molar-refractivity contribution in [3.05, 3.63) is 46.0 Å². The first-order chi connectivity index (χ1) is 11.0. The number of pyridine rings is 1. The van der Waals surface area contributed by atoms with E-state index in [2.05, 4.69) is 11.9 Å². The van der Waals surface area contributed by atoms with Gasteiger partial charge in [0.1, 0.15) is 11.4 Å². The van der Waals surface area contributed by atoms with Crippen molar-refractivity contribution in [1.29, 1.82) is 0 Å². The van der Waals surface area contributed by atoms with Gasteiger partial charge in [-0.25, -0.2) is 4.39 Å². The van der Waals surface area contributed by atoms with E-state index in [-0.39, 0.29) is 34.3 Å². The van der Waals surface area contributed by atoms with Crippen molar-refractivity contribution < 1.29 is 9.18 Å². The minimum atomic E-state index is -0.509. The molecule has 1 aromatic carbocycles. The Morgan fingerprint density at radius 3 is 2.96 bits per heavy atom. The van der Waals surface area contributed by atoms with Gasteiger partial charge in [0.15, 0.2) is 0 Å². The zero-order valence-electron chi connectivity index (χ0n) is 13.0. The summed E-state index contributed by atoms with van der Waals surface area (Å²) in [5, 5.41) is 0.185. The number of fused-ring (bicyclic) bond motifs is 1. The predicted molar refractivity (Wildman–Crippen MR) is 86.8 cm³/mol. The van der Waals surface area contributed by atoms with E-state index in [0.717, 1.165) is 12.8 Å². The fourth-order valence-corrected chi connectivity index (χ4v) is 3.28. The zero-order chi connectivity index (χ0) is 16.6. The molecule has 2 aromatic rings. The summed E-state index contributed by atoms with van der Waals surface area (Å²) in [5.41, 5.74) is 5.80. The van der Waals surface area contributed by atoms with Crippen LogP contribution < -0.4 is 11.2 Å². The van der Waals surface area contributed by atoms with Gasteiger partial charge in [0.2, 0.25) is 5.43 Å². The van der Waals surface area contributed by atoms with E-state index in [1.807, 2.05) is 0 Å². The van der Waals surface area contributed by atoms with Crippen LogP contribution >= 0.6 is 0 Å². The molecule has 1 fully saturated rings. The number of halogens is 1. The normalized spacial score (nSPS) is 21.1. The van der Waals surface area contributed by atoms with E-state index in [1.54, 1.807) is 4.90 Å². The lowest BCUT2D eigenvalue weighted by molar-refractivity contribution is 0.0784. The van der Waals surface area contributed by atoms with E-state index in [0.29, 0.717) is 13.1 Å². The third-order valence-electron chi connectivity index (χ3n) is 4.53. The number of likely N-dealkylation sites (tertiary alicyclic amines) is 1. The molecule has 6 heteroatoms. The summed E-state index contributed by atoms with van der Waals surface area (Å²) >= 11 is 0. The summed E-state index contributed by atoms with van der Waals surface area (Å²) < 4.78 is 13.7. The molecule has 23 heavy (non-hydrogen) atoms. The molecule has 0 radical (unpaired) electrons. The number of carbonyl (C=O) groups excluding carboxylic acids is 1. The maximum Gasteiger partial charge on any atom is 0.259 e. The van der Waals surface area contributed by atoms with Gasteiger partial charge < -0.3 is 15.6 Å². The Hall–Kier alpha value is -2.21. The Bertz CT molecular complexity index is 802. The molecule has 2 atom stereocenters. The number of para-hydroxylation sites is 1. The van der Waals surface area contributed by atoms with E-state index < -0.39 is 11.2 Å². The van der Waals surface area contributed by atoms with E-state index in [9.17, 15) is 14.0 Å². The lowest BCUT2D eigenvalue weighted by Gasteiger charge is -2.16. The fraction of sp³-hybridized carbons (Fsp3) is 0.412. The lowest BCUT2D eigenvalue weighted by Crippen LogP contribution is -2.34. The van der Waals surface area contributed by atoms with Crippen molar-refractivity contribution in [2.45, 2.75) is 25.8 Å². The van der Waals surface area contributed by atoms with Crippen LogP contribution in [0.25, 0.3) is 10.9 Å². The second kappa shape index (κ2) is 6.12. The molecule has 1 saturated heterocycles. The second-order valence-corrected chi connectivity index (χ2v) is 6.12. The highest BCUT2D eigenvalue weighted by Crippen LogP contribution is 2.22. The van der Waals surface area contributed by atoms with E-state index in [4.69, 9.17) is 5.73 Å². The lowest BCUT2D eigenvalue weighted by atomic mass is 9.99. The Labute approximate surface area is 133 Å². The highest BCUT2D eigenvalue weighted by molar-refractivity contribution is 5.97. The molecule has 0 aliphatic carbocycles. The number of nitrogens with one attached hydrogen (secondary N) is 1. The molecule has 0 spiro atoms. The molecule has 122 valence electrons. The van der Waals surface area contributed by atoms with Crippen molar-refractivity contribution in [3.8, 4) is 0 Å². The first kappa shape index (κ1) is 15.7. The number of carbonyl (C=O) groups is 1. The number of aromatic nitrogens is 1. The Morgan fingerprint density at radius 1 is 1.43 bits per heavy atom. The van der Waals surface area contributed by atoms with Crippen LogP contribution in [0.1, 0.15) is 30.1 Å². The number of nitrogens with zero attached hydrogens (tertiary/aromatic N) is 1. The maximum absolute atomic E-state index is 13.7. The van der Waals surface area contributed by atoms with Crippen LogP contribution in [0.2, 0.25) is 0 Å². The highest BCUT2D eigenvalue weighted by atomic mass is 19.1. The smallest absolute Gasteiger partial charge is 0.259 e. The highest BCUT2D eigenvalue weighted by Gasteiger charge is 2.33. The van der Waals surface area contributed by atoms with Crippen LogP contribution in [-0.4, -0.2) is 34.9 Å². The Balaban J connectivity index is 1.93. The monoisotopic (exact) mass is 317 g/mol. The number of H-pyrrole nitrogens is 1. The molecule has 2 heterocycles. The SMILES string of the molecule is CCC[C@H]1CN(C(=O)c2c[nH]c3c(F)cccc3c2=O)C[C@@H]1N. The number of nitrogens with two attached hydrogens (primary N) is 1. The summed E-state index contributed by atoms with van der Waals surface area (Å²) in [6.07, 6.45) is 3.27. The van der Waals surface area contributed by atoms with E-state index >= 15 is 0 Å². The second-order valence-electron chi connectivity index (χ2n) is 6.12. The third kappa shape index (κ3) is 2.74. The molecule has 0 saturated carbocycles. The molecular weight excluding hydrogens is 297 g/mol. The van der Waals surface area contributed by atoms with Crippen molar-refractivity contribution >= 4 is 16.8 Å². The summed E-state index contributed by atoms with van der Waals surface area (Å²) in [5.74, 6) is -0.586. The van der Waals surface area contributed by atoms with Crippen molar-refractivity contribution in [3.63, 3.8) is 0 Å². The topological polar surface area (TPSA) is 79.2 Å². The molecule has 1 aromatic heterocycles. The number of hydrogen-bond donors (Lipinski definition) is 2. The minimum Gasteiger partial charge on any atom is -0.358 e. The summed E-state index contributed by atoms with van der Waals surface area (Å²) in [6.45, 7) is 3.10. The standard InChI is InChI=1S/C17H20FN3O2/c1-2-4-10-8-21(9-14(10)19)17(23)12-7-20-15-11(16(12)22)5-3-6-13(15)18/h3,5-7,10,14H,2,4,8-9,19H2,1H3,(H,20,22)/t10-,14-/m0/s1. The quantitative estimate of drug-likeness (QED) is 0.907. The average molecular weight is 317 g/mol. The zero-order valence-corrected chi connectivity index (χ0v) is 13.0. The number of benzene rings is 1. The first-order valence-electron chi connectivity index (χ1n) is 7.87. The maximum atomic E-state index is 13.7. The van der Waals surface area contributed by atoms with Crippen LogP contribution in [0.3, 0.4) is 0 Å². The Morgan fingerprint density at radius 2 is 2.22 bits per heavy atom. The van der Waals surface area contributed by atoms with Gasteiger partial charge in [0.25, 0.3) is 5.91 Å². The first-order valence-corrected chi connectivity index (χ1v) is 7.87. The van der Waals surface area contributed by atoms with Gasteiger partial charge in [-0.1, -0.05) is 19.4 Å². The van der Waals surface area contributed by atoms with Gasteiger partial charge in [-0.2, -0.15) is 0 Å². The van der Waals surface area contributed by atoms with Crippen LogP contribution in [-0.2, 0) is 0 Å². The Kier molecular flexibility index (Phi) is 4.17. The van der Waals surface area contributed by atoms with Gasteiger partial charge in [-0.15, -0.1) is 0 Å². The molecule has 1 aliphatic rings. The van der Waals surface area contributed by atoms with Crippen molar-refractivity contribution in [2.24, 2.45) is 11.7 Å². The summed E-state index contributed by atoms with van der Waals surface area (Å²) in [6, 6.07) is 4.19. The van der Waals surface area contributed by atoms with E-state index in [1.165, 1.54) is 24.4 Å². The van der Waals surface area contributed by atoms with Gasteiger partial charge in [0.05, 0.1) is 5.52 Å². The molecule has 0 unspecified atom stereocenters. The number of amides is 1. The number of hydrogen-bond acceptors (Lipinski definition) is 3. The predicted octanol–water partition coefficient (Wildman–Crippen LogP) is 1.87. The summed E-state index contributed by atoms with van der Waals surface area (Å²) in [7, 11) is 0. The van der Waals surface area contributed by atoms with Crippen molar-refractivity contribution in [2.75, 3.05) is 13.1 Å². The van der Waals surface area contributed by atoms with Gasteiger partial charge in [0, 0.05) is 30.7 Å². The summed E-state index contributed by atoms with van der Waals surface area (Å²) in [4.78, 5) is 29.5. The molecule has 0 bridgehead atoms. The number of aromatic amines is 1. The fourth-order valence-electron chi connectivity index (χ4n) is 3.28. The van der Waals surface area contributed by atoms with Crippen LogP contribution in [0, 0.1) is 11.7 Å². The van der Waals surface area contributed by atoms with Gasteiger partial charge in [-0.05, 0) is 24.5 Å². The molecule has 3 N–H and O–H groups in total. The molecule has 3 rings (SSSR count). The van der Waals surface area contributed by atoms with Crippen LogP contribution in [0.15, 0.2) is 29.2 Å². The minimum absolute atomic E-state index is 0.0347. The molecular formula is C17H20FN3O2.